The van der Waals surface area contributed by atoms with Gasteiger partial charge in [-0.3, -0.25) is 0 Å². The molecule has 1 atom stereocenters. The number of carboxylic acid groups (broad SMARTS) is 1. The van der Waals surface area contributed by atoms with Crippen LogP contribution >= 0.6 is 0 Å². The zero-order valence-electron chi connectivity index (χ0n) is 12.6. The van der Waals surface area contributed by atoms with Gasteiger partial charge in [-0.05, 0) is 24.1 Å². The summed E-state index contributed by atoms with van der Waals surface area (Å²) in [7, 11) is 0. The Bertz CT molecular complexity index is 785. The normalized spacial score (nSPS) is 13.8. The number of carbonyl (C=O) groups is 1. The van der Waals surface area contributed by atoms with E-state index in [1.807, 2.05) is 0 Å². The first kappa shape index (κ1) is 17.7. The highest BCUT2D eigenvalue weighted by atomic mass is 19.3. The molecule has 2 aromatic rings. The van der Waals surface area contributed by atoms with Gasteiger partial charge in [0.15, 0.2) is 17.1 Å². The Morgan fingerprint density at radius 2 is 2.08 bits per heavy atom. The van der Waals surface area contributed by atoms with Gasteiger partial charge in [-0.2, -0.15) is 0 Å². The summed E-state index contributed by atoms with van der Waals surface area (Å²) in [5, 5.41) is 28.2. The van der Waals surface area contributed by atoms with Gasteiger partial charge in [-0.1, -0.05) is 12.1 Å². The van der Waals surface area contributed by atoms with Crippen LogP contribution < -0.4 is 5.73 Å². The number of carboxylic acids is 1. The molecule has 2 rings (SSSR count). The van der Waals surface area contributed by atoms with Crippen LogP contribution in [-0.2, 0) is 5.60 Å². The van der Waals surface area contributed by atoms with Crippen molar-refractivity contribution in [1.82, 2.24) is 9.97 Å². The number of halogens is 2. The lowest BCUT2D eigenvalue weighted by atomic mass is 9.91. The first-order valence-electron chi connectivity index (χ1n) is 6.79. The highest BCUT2D eigenvalue weighted by Gasteiger charge is 2.39. The number of hydrogen-bond acceptors (Lipinski definition) is 6. The lowest BCUT2D eigenvalue weighted by Crippen LogP contribution is -2.38. The van der Waals surface area contributed by atoms with Crippen LogP contribution in [0.4, 0.5) is 14.6 Å². The first-order valence-corrected chi connectivity index (χ1v) is 6.79. The molecule has 5 N–H and O–H groups in total. The minimum absolute atomic E-state index is 0.0931. The molecule has 128 valence electrons. The number of rotatable bonds is 5. The standard InChI is InChI=1S/C15H15F2N3O4/c1-7-2-3-8(15(24,6-21)14(16)17)4-9(7)10-5-19-12(18)11(20-10)13(22)23/h2-5,14,21,24H,6H2,1H3,(H2,18,19)(H,22,23). The van der Waals surface area contributed by atoms with Gasteiger partial charge in [0.25, 0.3) is 6.43 Å². The van der Waals surface area contributed by atoms with E-state index in [-0.39, 0.29) is 22.6 Å². The number of aromatic nitrogens is 2. The second-order valence-corrected chi connectivity index (χ2v) is 5.21. The fourth-order valence-electron chi connectivity index (χ4n) is 2.14. The molecule has 1 aromatic carbocycles. The van der Waals surface area contributed by atoms with Gasteiger partial charge >= 0.3 is 5.97 Å². The molecule has 0 aliphatic rings. The molecule has 9 heteroatoms. The van der Waals surface area contributed by atoms with Crippen molar-refractivity contribution in [3.05, 3.63) is 41.2 Å². The summed E-state index contributed by atoms with van der Waals surface area (Å²) in [5.74, 6) is -1.66. The SMILES string of the molecule is Cc1ccc(C(O)(CO)C(F)F)cc1-c1cnc(N)c(C(=O)O)n1. The second-order valence-electron chi connectivity index (χ2n) is 5.21. The molecule has 0 fully saturated rings. The van der Waals surface area contributed by atoms with E-state index in [0.29, 0.717) is 5.56 Å². The number of nitrogens with zero attached hydrogens (tertiary/aromatic N) is 2. The lowest BCUT2D eigenvalue weighted by Gasteiger charge is -2.26. The van der Waals surface area contributed by atoms with Gasteiger partial charge in [0.2, 0.25) is 0 Å². The summed E-state index contributed by atoms with van der Waals surface area (Å²) >= 11 is 0. The van der Waals surface area contributed by atoms with Gasteiger partial charge in [-0.15, -0.1) is 0 Å². The van der Waals surface area contributed by atoms with Crippen LogP contribution in [0.1, 0.15) is 21.6 Å². The lowest BCUT2D eigenvalue weighted by molar-refractivity contribution is -0.129. The number of nitrogens with two attached hydrogens (primary N) is 1. The molecule has 0 aliphatic heterocycles. The van der Waals surface area contributed by atoms with Gasteiger partial charge in [0.1, 0.15) is 0 Å². The zero-order chi connectivity index (χ0) is 18.1. The Balaban J connectivity index is 2.62. The molecule has 1 aromatic heterocycles. The van der Waals surface area contributed by atoms with Crippen LogP contribution in [0.15, 0.2) is 24.4 Å². The first-order chi connectivity index (χ1) is 11.2. The second kappa shape index (κ2) is 6.46. The van der Waals surface area contributed by atoms with E-state index < -0.39 is 30.3 Å². The summed E-state index contributed by atoms with van der Waals surface area (Å²) in [6.45, 7) is 0.471. The smallest absolute Gasteiger partial charge is 0.358 e. The maximum absolute atomic E-state index is 13.1. The Morgan fingerprint density at radius 3 is 2.62 bits per heavy atom. The number of nitrogen functional groups attached to an aromatic ring is 1. The summed E-state index contributed by atoms with van der Waals surface area (Å²) in [4.78, 5) is 18.7. The van der Waals surface area contributed by atoms with Crippen LogP contribution in [0, 0.1) is 6.92 Å². The summed E-state index contributed by atoms with van der Waals surface area (Å²) in [5.41, 5.74) is 2.98. The van der Waals surface area contributed by atoms with Gasteiger partial charge in [0, 0.05) is 5.56 Å². The maximum atomic E-state index is 13.1. The van der Waals surface area contributed by atoms with Crippen LogP contribution in [0.5, 0.6) is 0 Å². The van der Waals surface area contributed by atoms with Crippen LogP contribution in [-0.4, -0.2) is 44.3 Å². The fourth-order valence-corrected chi connectivity index (χ4v) is 2.14. The van der Waals surface area contributed by atoms with Gasteiger partial charge < -0.3 is 21.1 Å². The number of aryl methyl sites for hydroxylation is 1. The van der Waals surface area contributed by atoms with Crippen molar-refractivity contribution >= 4 is 11.8 Å². The third-order valence-corrected chi connectivity index (χ3v) is 3.62. The van der Waals surface area contributed by atoms with Gasteiger partial charge in [0.05, 0.1) is 18.5 Å². The van der Waals surface area contributed by atoms with Gasteiger partial charge in [-0.25, -0.2) is 23.5 Å². The maximum Gasteiger partial charge on any atom is 0.358 e. The minimum atomic E-state index is -3.22. The number of hydrogen-bond donors (Lipinski definition) is 4. The molecule has 0 spiro atoms. The van der Waals surface area contributed by atoms with E-state index in [1.165, 1.54) is 24.4 Å². The van der Waals surface area contributed by atoms with E-state index in [4.69, 9.17) is 15.9 Å². The topological polar surface area (TPSA) is 130 Å². The third-order valence-electron chi connectivity index (χ3n) is 3.62. The van der Waals surface area contributed by atoms with Crippen molar-refractivity contribution in [2.75, 3.05) is 12.3 Å². The zero-order valence-corrected chi connectivity index (χ0v) is 12.6. The molecule has 1 heterocycles. The van der Waals surface area contributed by atoms with E-state index >= 15 is 0 Å². The highest BCUT2D eigenvalue weighted by Crippen LogP contribution is 2.32. The molecule has 0 aliphatic carbocycles. The largest absolute Gasteiger partial charge is 0.476 e. The molecule has 1 unspecified atom stereocenters. The fraction of sp³-hybridized carbons (Fsp3) is 0.267. The average Bonchev–Trinajstić information content (AvgIpc) is 2.54. The van der Waals surface area contributed by atoms with Crippen molar-refractivity contribution in [2.45, 2.75) is 19.0 Å². The third kappa shape index (κ3) is 3.03. The van der Waals surface area contributed by atoms with E-state index in [9.17, 15) is 18.7 Å². The summed E-state index contributed by atoms with van der Waals surface area (Å²) in [6.07, 6.45) is -2.01. The van der Waals surface area contributed by atoms with Crippen LogP contribution in [0.25, 0.3) is 11.3 Å². The Kier molecular flexibility index (Phi) is 4.76. The van der Waals surface area contributed by atoms with Crippen LogP contribution in [0.2, 0.25) is 0 Å². The van der Waals surface area contributed by atoms with Crippen molar-refractivity contribution in [3.63, 3.8) is 0 Å². The minimum Gasteiger partial charge on any atom is -0.476 e. The number of aromatic carboxylic acids is 1. The predicted octanol–water partition coefficient (Wildman–Crippen LogP) is 1.18. The van der Waals surface area contributed by atoms with E-state index in [0.717, 1.165) is 0 Å². The van der Waals surface area contributed by atoms with Crippen LogP contribution in [0.3, 0.4) is 0 Å². The molecule has 0 bridgehead atoms. The van der Waals surface area contributed by atoms with E-state index in [2.05, 4.69) is 9.97 Å². The number of anilines is 1. The number of benzene rings is 1. The molecule has 0 saturated carbocycles. The highest BCUT2D eigenvalue weighted by molar-refractivity contribution is 5.91. The number of aliphatic hydroxyl groups excluding tert-OH is 1. The molecule has 24 heavy (non-hydrogen) atoms. The summed E-state index contributed by atoms with van der Waals surface area (Å²) < 4.78 is 26.2. The quantitative estimate of drug-likeness (QED) is 0.643. The summed E-state index contributed by atoms with van der Waals surface area (Å²) in [6, 6.07) is 3.92. The van der Waals surface area contributed by atoms with E-state index in [1.54, 1.807) is 6.92 Å². The molecule has 0 amide bonds. The average molecular weight is 339 g/mol. The Labute approximate surface area is 135 Å². The monoisotopic (exact) mass is 339 g/mol. The molecular formula is C15H15F2N3O4. The van der Waals surface area contributed by atoms with Crippen molar-refractivity contribution < 1.29 is 28.9 Å². The molecule has 0 radical (unpaired) electrons. The van der Waals surface area contributed by atoms with Crippen molar-refractivity contribution in [2.24, 2.45) is 0 Å². The number of alkyl halides is 2. The predicted molar refractivity (Wildman–Crippen MR) is 80.6 cm³/mol. The molecule has 0 saturated heterocycles. The van der Waals surface area contributed by atoms with Crippen molar-refractivity contribution in [1.29, 1.82) is 0 Å². The molecular weight excluding hydrogens is 324 g/mol. The Morgan fingerprint density at radius 1 is 1.42 bits per heavy atom. The van der Waals surface area contributed by atoms with Crippen molar-refractivity contribution in [3.8, 4) is 11.3 Å². The Hall–Kier alpha value is -2.65. The number of aliphatic hydroxyl groups is 2. The molecule has 7 nitrogen and oxygen atoms in total.